The molecule has 4 heteroatoms. The fraction of sp³-hybridized carbons (Fsp3) is 0.467. The molecule has 4 nitrogen and oxygen atoms in total. The molecular weight excluding hydrogens is 240 g/mol. The fourth-order valence-corrected chi connectivity index (χ4v) is 2.41. The molecule has 0 radical (unpaired) electrons. The van der Waals surface area contributed by atoms with E-state index in [1.807, 2.05) is 52.1 Å². The number of carbonyl (C=O) groups excluding carboxylic acids is 2. The molecule has 19 heavy (non-hydrogen) atoms. The first-order valence-electron chi connectivity index (χ1n) is 6.52. The summed E-state index contributed by atoms with van der Waals surface area (Å²) in [5, 5.41) is 3.15. The molecular formula is C15H20N2O2. The molecule has 1 N–H and O–H groups in total. The Morgan fingerprint density at radius 1 is 1.26 bits per heavy atom. The molecule has 0 bridgehead atoms. The molecule has 2 rings (SSSR count). The van der Waals surface area contributed by atoms with Gasteiger partial charge in [-0.2, -0.15) is 0 Å². The van der Waals surface area contributed by atoms with Crippen LogP contribution >= 0.6 is 0 Å². The minimum Gasteiger partial charge on any atom is -0.313 e. The average Bonchev–Trinajstić information content (AvgIpc) is 2.57. The molecule has 0 aliphatic carbocycles. The third-order valence-electron chi connectivity index (χ3n) is 3.70. The van der Waals surface area contributed by atoms with Crippen LogP contribution in [0.4, 0.5) is 5.69 Å². The van der Waals surface area contributed by atoms with Gasteiger partial charge in [-0.25, -0.2) is 4.90 Å². The molecule has 1 saturated heterocycles. The average molecular weight is 260 g/mol. The third-order valence-corrected chi connectivity index (χ3v) is 3.70. The van der Waals surface area contributed by atoms with Crippen LogP contribution in [0.2, 0.25) is 0 Å². The Morgan fingerprint density at radius 3 is 2.42 bits per heavy atom. The maximum Gasteiger partial charge on any atom is 0.239 e. The van der Waals surface area contributed by atoms with Gasteiger partial charge in [0.05, 0.1) is 11.1 Å². The lowest BCUT2D eigenvalue weighted by atomic mass is 9.92. The number of imide groups is 1. The van der Waals surface area contributed by atoms with Gasteiger partial charge in [0, 0.05) is 12.5 Å². The van der Waals surface area contributed by atoms with E-state index in [0.29, 0.717) is 5.69 Å². The number of hydrogen-bond acceptors (Lipinski definition) is 3. The normalized spacial score (nSPS) is 19.9. The van der Waals surface area contributed by atoms with Crippen molar-refractivity contribution in [3.05, 3.63) is 29.8 Å². The van der Waals surface area contributed by atoms with Crippen molar-refractivity contribution in [1.29, 1.82) is 0 Å². The zero-order valence-corrected chi connectivity index (χ0v) is 11.9. The Labute approximate surface area is 113 Å². The van der Waals surface area contributed by atoms with Gasteiger partial charge in [-0.3, -0.25) is 9.59 Å². The summed E-state index contributed by atoms with van der Waals surface area (Å²) in [5.41, 5.74) is 1.06. The number of nitrogens with one attached hydrogen (secondary N) is 1. The first-order chi connectivity index (χ1) is 8.88. The smallest absolute Gasteiger partial charge is 0.239 e. The molecule has 1 aromatic carbocycles. The molecule has 0 spiro atoms. The zero-order valence-electron chi connectivity index (χ0n) is 11.9. The van der Waals surface area contributed by atoms with Crippen LogP contribution in [0.1, 0.15) is 38.8 Å². The highest BCUT2D eigenvalue weighted by atomic mass is 16.2. The van der Waals surface area contributed by atoms with Crippen molar-refractivity contribution >= 4 is 17.5 Å². The molecule has 1 aliphatic heterocycles. The Hall–Kier alpha value is -1.68. The SMILES string of the molecule is CNC(C)c1ccccc1N1C(=O)CC(C)(C)C1=O. The van der Waals surface area contributed by atoms with Gasteiger partial charge in [0.1, 0.15) is 0 Å². The lowest BCUT2D eigenvalue weighted by molar-refractivity contribution is -0.124. The molecule has 0 saturated carbocycles. The van der Waals surface area contributed by atoms with Gasteiger partial charge in [0.25, 0.3) is 0 Å². The molecule has 1 aliphatic rings. The van der Waals surface area contributed by atoms with E-state index in [1.165, 1.54) is 4.90 Å². The highest BCUT2D eigenvalue weighted by Crippen LogP contribution is 2.37. The number of benzene rings is 1. The summed E-state index contributed by atoms with van der Waals surface area (Å²) in [7, 11) is 1.86. The topological polar surface area (TPSA) is 49.4 Å². The maximum atomic E-state index is 12.4. The molecule has 2 amide bonds. The largest absolute Gasteiger partial charge is 0.313 e. The van der Waals surface area contributed by atoms with Crippen molar-refractivity contribution in [3.8, 4) is 0 Å². The van der Waals surface area contributed by atoms with E-state index in [-0.39, 0.29) is 24.3 Å². The van der Waals surface area contributed by atoms with Gasteiger partial charge in [0.15, 0.2) is 0 Å². The minimum absolute atomic E-state index is 0.0838. The number of anilines is 1. The highest BCUT2D eigenvalue weighted by molar-refractivity contribution is 6.22. The van der Waals surface area contributed by atoms with Crippen LogP contribution in [0.15, 0.2) is 24.3 Å². The minimum atomic E-state index is -0.604. The van der Waals surface area contributed by atoms with Crippen molar-refractivity contribution in [2.24, 2.45) is 5.41 Å². The molecule has 1 atom stereocenters. The van der Waals surface area contributed by atoms with E-state index < -0.39 is 5.41 Å². The van der Waals surface area contributed by atoms with Crippen LogP contribution in [0.25, 0.3) is 0 Å². The van der Waals surface area contributed by atoms with Crippen molar-refractivity contribution in [1.82, 2.24) is 5.32 Å². The lowest BCUT2D eigenvalue weighted by Crippen LogP contribution is -2.34. The number of carbonyl (C=O) groups is 2. The predicted octanol–water partition coefficient (Wildman–Crippen LogP) is 2.26. The summed E-state index contributed by atoms with van der Waals surface area (Å²) in [6.07, 6.45) is 0.272. The summed E-state index contributed by atoms with van der Waals surface area (Å²) >= 11 is 0. The standard InChI is InChI=1S/C15H20N2O2/c1-10(16-4)11-7-5-6-8-12(11)17-13(18)9-15(2,3)14(17)19/h5-8,10,16H,9H2,1-4H3. The molecule has 1 heterocycles. The Balaban J connectivity index is 2.48. The molecule has 1 fully saturated rings. The molecule has 0 aromatic heterocycles. The number of hydrogen-bond donors (Lipinski definition) is 1. The molecule has 102 valence electrons. The maximum absolute atomic E-state index is 12.4. The van der Waals surface area contributed by atoms with E-state index in [2.05, 4.69) is 5.32 Å². The Kier molecular flexibility index (Phi) is 3.45. The molecule has 1 aromatic rings. The van der Waals surface area contributed by atoms with Gasteiger partial charge in [-0.05, 0) is 25.6 Å². The predicted molar refractivity (Wildman–Crippen MR) is 74.8 cm³/mol. The van der Waals surface area contributed by atoms with E-state index >= 15 is 0 Å². The van der Waals surface area contributed by atoms with Gasteiger partial charge < -0.3 is 5.32 Å². The van der Waals surface area contributed by atoms with Gasteiger partial charge in [-0.15, -0.1) is 0 Å². The van der Waals surface area contributed by atoms with Crippen LogP contribution in [0, 0.1) is 5.41 Å². The third kappa shape index (κ3) is 2.28. The van der Waals surface area contributed by atoms with Gasteiger partial charge >= 0.3 is 0 Å². The highest BCUT2D eigenvalue weighted by Gasteiger charge is 2.46. The van der Waals surface area contributed by atoms with Crippen molar-refractivity contribution < 1.29 is 9.59 Å². The monoisotopic (exact) mass is 260 g/mol. The summed E-state index contributed by atoms with van der Waals surface area (Å²) in [6, 6.07) is 7.64. The van der Waals surface area contributed by atoms with Crippen molar-refractivity contribution in [2.75, 3.05) is 11.9 Å². The van der Waals surface area contributed by atoms with Crippen LogP contribution < -0.4 is 10.2 Å². The number of para-hydroxylation sites is 1. The lowest BCUT2D eigenvalue weighted by Gasteiger charge is -2.23. The van der Waals surface area contributed by atoms with Crippen LogP contribution in [0.3, 0.4) is 0 Å². The van der Waals surface area contributed by atoms with Gasteiger partial charge in [0.2, 0.25) is 11.8 Å². The van der Waals surface area contributed by atoms with Crippen LogP contribution in [-0.4, -0.2) is 18.9 Å². The summed E-state index contributed by atoms with van der Waals surface area (Å²) in [5.74, 6) is -0.237. The Bertz CT molecular complexity index is 523. The van der Waals surface area contributed by atoms with Gasteiger partial charge in [-0.1, -0.05) is 32.0 Å². The fourth-order valence-electron chi connectivity index (χ4n) is 2.41. The zero-order chi connectivity index (χ0) is 14.2. The summed E-state index contributed by atoms with van der Waals surface area (Å²) in [4.78, 5) is 25.9. The number of rotatable bonds is 3. The second-order valence-electron chi connectivity index (χ2n) is 5.66. The quantitative estimate of drug-likeness (QED) is 0.848. The van der Waals surface area contributed by atoms with Crippen LogP contribution in [-0.2, 0) is 9.59 Å². The second kappa shape index (κ2) is 4.78. The van der Waals surface area contributed by atoms with E-state index in [9.17, 15) is 9.59 Å². The first-order valence-corrected chi connectivity index (χ1v) is 6.52. The number of amides is 2. The second-order valence-corrected chi connectivity index (χ2v) is 5.66. The summed E-state index contributed by atoms with van der Waals surface area (Å²) in [6.45, 7) is 5.64. The van der Waals surface area contributed by atoms with E-state index in [1.54, 1.807) is 0 Å². The summed E-state index contributed by atoms with van der Waals surface area (Å²) < 4.78 is 0. The van der Waals surface area contributed by atoms with Crippen molar-refractivity contribution in [3.63, 3.8) is 0 Å². The number of nitrogens with zero attached hydrogens (tertiary/aromatic N) is 1. The Morgan fingerprint density at radius 2 is 1.89 bits per heavy atom. The van der Waals surface area contributed by atoms with Crippen molar-refractivity contribution in [2.45, 2.75) is 33.2 Å². The van der Waals surface area contributed by atoms with E-state index in [0.717, 1.165) is 5.56 Å². The van der Waals surface area contributed by atoms with Crippen LogP contribution in [0.5, 0.6) is 0 Å². The first kappa shape index (κ1) is 13.7. The molecule has 1 unspecified atom stereocenters. The van der Waals surface area contributed by atoms with E-state index in [4.69, 9.17) is 0 Å².